The summed E-state index contributed by atoms with van der Waals surface area (Å²) >= 11 is 0. The minimum absolute atomic E-state index is 0.00693. The van der Waals surface area contributed by atoms with Crippen LogP contribution in [0.2, 0.25) is 0 Å². The Kier molecular flexibility index (Phi) is 10.6. The lowest BCUT2D eigenvalue weighted by Gasteiger charge is -2.20. The van der Waals surface area contributed by atoms with Crippen molar-refractivity contribution in [1.29, 1.82) is 0 Å². The first-order chi connectivity index (χ1) is 16.7. The van der Waals surface area contributed by atoms with Crippen LogP contribution in [0.4, 0.5) is 0 Å². The molecule has 0 aliphatic carbocycles. The molecule has 0 spiro atoms. The van der Waals surface area contributed by atoms with E-state index in [1.165, 1.54) is 0 Å². The molecule has 0 aliphatic rings. The quantitative estimate of drug-likeness (QED) is 0.300. The maximum Gasteiger partial charge on any atom is 0.220 e. The van der Waals surface area contributed by atoms with Crippen molar-refractivity contribution in [3.05, 3.63) is 60.2 Å². The van der Waals surface area contributed by atoms with Crippen LogP contribution in [0.3, 0.4) is 0 Å². The van der Waals surface area contributed by atoms with Crippen LogP contribution >= 0.6 is 0 Å². The third kappa shape index (κ3) is 9.79. The Hall–Kier alpha value is -4.01. The molecule has 0 aliphatic heterocycles. The lowest BCUT2D eigenvalue weighted by atomic mass is 9.92. The van der Waals surface area contributed by atoms with Gasteiger partial charge in [0.1, 0.15) is 0 Å². The summed E-state index contributed by atoms with van der Waals surface area (Å²) in [5.41, 5.74) is 18.8. The van der Waals surface area contributed by atoms with Crippen molar-refractivity contribution < 1.29 is 24.0 Å². The molecule has 0 bridgehead atoms. The summed E-state index contributed by atoms with van der Waals surface area (Å²) in [6.45, 7) is 0. The number of carbonyl (C=O) groups excluding carboxylic acids is 5. The fraction of sp³-hybridized carbons (Fsp3) is 0.346. The molecule has 0 heterocycles. The van der Waals surface area contributed by atoms with E-state index in [1.54, 1.807) is 0 Å². The molecule has 186 valence electrons. The molecule has 2 aromatic carbocycles. The van der Waals surface area contributed by atoms with Crippen LogP contribution in [0, 0.1) is 5.92 Å². The molecule has 4 amide bonds. The highest BCUT2D eigenvalue weighted by Crippen LogP contribution is 2.20. The van der Waals surface area contributed by atoms with Gasteiger partial charge in [0.05, 0.1) is 6.04 Å². The van der Waals surface area contributed by atoms with E-state index in [1.807, 2.05) is 54.6 Å². The van der Waals surface area contributed by atoms with E-state index in [2.05, 4.69) is 5.32 Å². The van der Waals surface area contributed by atoms with E-state index in [-0.39, 0.29) is 44.4 Å². The van der Waals surface area contributed by atoms with Crippen molar-refractivity contribution in [3.8, 4) is 11.1 Å². The number of Topliss-reactive ketones (excluding diaryl/α,β-unsaturated/α-hetero) is 1. The van der Waals surface area contributed by atoms with Gasteiger partial charge < -0.3 is 22.5 Å². The summed E-state index contributed by atoms with van der Waals surface area (Å²) < 4.78 is 0. The molecule has 2 atom stereocenters. The molecule has 0 fully saturated rings. The van der Waals surface area contributed by atoms with E-state index >= 15 is 0 Å². The molecule has 0 saturated heterocycles. The van der Waals surface area contributed by atoms with Crippen molar-refractivity contribution in [3.63, 3.8) is 0 Å². The largest absolute Gasteiger partial charge is 0.370 e. The van der Waals surface area contributed by atoms with Crippen molar-refractivity contribution in [2.24, 2.45) is 23.1 Å². The number of ketones is 1. The lowest BCUT2D eigenvalue weighted by molar-refractivity contribution is -0.131. The van der Waals surface area contributed by atoms with Gasteiger partial charge in [-0.25, -0.2) is 0 Å². The lowest BCUT2D eigenvalue weighted by Crippen LogP contribution is -2.43. The van der Waals surface area contributed by atoms with E-state index in [9.17, 15) is 24.0 Å². The molecular weight excluding hydrogens is 448 g/mol. The van der Waals surface area contributed by atoms with Crippen molar-refractivity contribution >= 4 is 29.4 Å². The summed E-state index contributed by atoms with van der Waals surface area (Å²) in [4.78, 5) is 59.3. The number of rotatable bonds is 15. The summed E-state index contributed by atoms with van der Waals surface area (Å²) in [6.07, 6.45) is 0.153. The topological polar surface area (TPSA) is 175 Å². The molecule has 2 rings (SSSR count). The number of aryl methyl sites for hydroxylation is 1. The van der Waals surface area contributed by atoms with Crippen LogP contribution in [-0.2, 0) is 30.4 Å². The maximum atomic E-state index is 12.8. The Labute approximate surface area is 204 Å². The zero-order valence-corrected chi connectivity index (χ0v) is 19.6. The van der Waals surface area contributed by atoms with Crippen LogP contribution in [-0.4, -0.2) is 35.5 Å². The summed E-state index contributed by atoms with van der Waals surface area (Å²) in [5, 5.41) is 2.65. The molecule has 9 nitrogen and oxygen atoms in total. The number of carbonyl (C=O) groups is 5. The first kappa shape index (κ1) is 27.2. The minimum Gasteiger partial charge on any atom is -0.370 e. The van der Waals surface area contributed by atoms with Gasteiger partial charge in [0.25, 0.3) is 0 Å². The van der Waals surface area contributed by atoms with E-state index in [0.717, 1.165) is 16.7 Å². The van der Waals surface area contributed by atoms with Crippen molar-refractivity contribution in [2.75, 3.05) is 0 Å². The average Bonchev–Trinajstić information content (AvgIpc) is 2.83. The van der Waals surface area contributed by atoms with Gasteiger partial charge in [-0.1, -0.05) is 54.6 Å². The Bertz CT molecular complexity index is 1040. The highest BCUT2D eigenvalue weighted by atomic mass is 16.2. The number of amides is 4. The molecule has 7 N–H and O–H groups in total. The van der Waals surface area contributed by atoms with Crippen LogP contribution in [0.5, 0.6) is 0 Å². The van der Waals surface area contributed by atoms with Crippen LogP contribution in [0.15, 0.2) is 54.6 Å². The van der Waals surface area contributed by atoms with E-state index in [4.69, 9.17) is 17.2 Å². The average molecular weight is 481 g/mol. The molecule has 0 radical (unpaired) electrons. The zero-order chi connectivity index (χ0) is 25.8. The zero-order valence-electron chi connectivity index (χ0n) is 19.6. The molecular formula is C26H32N4O5. The Morgan fingerprint density at radius 3 is 1.86 bits per heavy atom. The van der Waals surface area contributed by atoms with Crippen molar-refractivity contribution in [1.82, 2.24) is 5.32 Å². The third-order valence-electron chi connectivity index (χ3n) is 5.69. The summed E-state index contributed by atoms with van der Waals surface area (Å²) in [7, 11) is 0. The second-order valence-electron chi connectivity index (χ2n) is 8.46. The van der Waals surface area contributed by atoms with E-state index in [0.29, 0.717) is 6.42 Å². The van der Waals surface area contributed by atoms with E-state index < -0.39 is 35.5 Å². The summed E-state index contributed by atoms with van der Waals surface area (Å²) in [6, 6.07) is 16.8. The monoisotopic (exact) mass is 480 g/mol. The Balaban J connectivity index is 1.96. The Morgan fingerprint density at radius 2 is 1.29 bits per heavy atom. The van der Waals surface area contributed by atoms with Gasteiger partial charge in [0.15, 0.2) is 5.78 Å². The number of nitrogens with two attached hydrogens (primary N) is 3. The molecule has 2 aromatic rings. The van der Waals surface area contributed by atoms with Crippen LogP contribution in [0.1, 0.15) is 44.1 Å². The predicted molar refractivity (Wildman–Crippen MR) is 131 cm³/mol. The van der Waals surface area contributed by atoms with Gasteiger partial charge >= 0.3 is 0 Å². The minimum atomic E-state index is -0.995. The standard InChI is InChI=1S/C26H32N4O5/c27-23(32)13-11-20(26(29)35)16-22(31)21(12-14-24(28)33)30-25(34)15-8-17-6-9-19(10-7-17)18-4-2-1-3-5-18/h1-7,9-10,20-21H,8,11-16H2,(H2,27,32)(H2,28,33)(H2,29,35)(H,30,34)/t20-,21+/m1/s1. The molecule has 0 unspecified atom stereocenters. The molecule has 0 saturated carbocycles. The number of hydrogen-bond acceptors (Lipinski definition) is 5. The van der Waals surface area contributed by atoms with Gasteiger partial charge in [0, 0.05) is 31.6 Å². The van der Waals surface area contributed by atoms with Crippen molar-refractivity contribution in [2.45, 2.75) is 51.0 Å². The van der Waals surface area contributed by atoms with Gasteiger partial charge in [-0.2, -0.15) is 0 Å². The second kappa shape index (κ2) is 13.6. The number of hydrogen-bond donors (Lipinski definition) is 4. The van der Waals surface area contributed by atoms with Gasteiger partial charge in [-0.15, -0.1) is 0 Å². The van der Waals surface area contributed by atoms with Crippen LogP contribution in [0.25, 0.3) is 11.1 Å². The van der Waals surface area contributed by atoms with Gasteiger partial charge in [0.2, 0.25) is 23.6 Å². The fourth-order valence-corrected chi connectivity index (χ4v) is 3.67. The molecule has 35 heavy (non-hydrogen) atoms. The highest BCUT2D eigenvalue weighted by molar-refractivity contribution is 5.92. The number of nitrogens with one attached hydrogen (secondary N) is 1. The van der Waals surface area contributed by atoms with Gasteiger partial charge in [-0.3, -0.25) is 24.0 Å². The highest BCUT2D eigenvalue weighted by Gasteiger charge is 2.27. The first-order valence-corrected chi connectivity index (χ1v) is 11.5. The maximum absolute atomic E-state index is 12.8. The van der Waals surface area contributed by atoms with Gasteiger partial charge in [-0.05, 0) is 36.0 Å². The number of primary amides is 3. The molecule has 0 aromatic heterocycles. The SMILES string of the molecule is NC(=O)CC[C@H](CC(=O)[C@H](CCC(N)=O)NC(=O)CCc1ccc(-c2ccccc2)cc1)C(N)=O. The number of benzene rings is 2. The third-order valence-corrected chi connectivity index (χ3v) is 5.69. The first-order valence-electron chi connectivity index (χ1n) is 11.5. The second-order valence-corrected chi connectivity index (χ2v) is 8.46. The smallest absolute Gasteiger partial charge is 0.220 e. The van der Waals surface area contributed by atoms with Crippen LogP contribution < -0.4 is 22.5 Å². The fourth-order valence-electron chi connectivity index (χ4n) is 3.67. The molecule has 9 heteroatoms. The Morgan fingerprint density at radius 1 is 0.714 bits per heavy atom. The summed E-state index contributed by atoms with van der Waals surface area (Å²) in [5.74, 6) is -3.69. The normalized spacial score (nSPS) is 12.3. The predicted octanol–water partition coefficient (Wildman–Crippen LogP) is 1.36.